The molecule has 0 radical (unpaired) electrons. The zero-order chi connectivity index (χ0) is 17.4. The molecule has 2 rings (SSSR count). The Hall–Kier alpha value is -2.15. The van der Waals surface area contributed by atoms with Crippen molar-refractivity contribution >= 4 is 17.5 Å². The summed E-state index contributed by atoms with van der Waals surface area (Å²) < 4.78 is 13.8. The predicted octanol–water partition coefficient (Wildman–Crippen LogP) is 0.590. The number of hydrogen-bond donors (Lipinski definition) is 2. The van der Waals surface area contributed by atoms with E-state index in [0.717, 1.165) is 32.6 Å². The molecule has 1 aromatic rings. The van der Waals surface area contributed by atoms with Crippen LogP contribution in [-0.4, -0.2) is 62.5 Å². The van der Waals surface area contributed by atoms with E-state index in [1.807, 2.05) is 17.9 Å². The van der Waals surface area contributed by atoms with Crippen LogP contribution < -0.4 is 15.5 Å². The third-order valence-electron chi connectivity index (χ3n) is 4.02. The Kier molecular flexibility index (Phi) is 6.99. The van der Waals surface area contributed by atoms with E-state index >= 15 is 0 Å². The Morgan fingerprint density at radius 3 is 2.29 bits per heavy atom. The molecule has 2 N–H and O–H groups in total. The zero-order valence-corrected chi connectivity index (χ0v) is 14.1. The standard InChI is InChI=1S/C17H25FN4O2/c1-2-7-19-16(23)17(24)20-8-9-21-10-12-22(13-11-21)15-6-4-3-5-14(15)18/h3-6H,2,7-13H2,1H3,(H,19,23)(H,20,24). The second-order valence-electron chi connectivity index (χ2n) is 5.79. The van der Waals surface area contributed by atoms with Gasteiger partial charge in [-0.3, -0.25) is 14.5 Å². The van der Waals surface area contributed by atoms with Gasteiger partial charge in [-0.15, -0.1) is 0 Å². The number of nitrogens with one attached hydrogen (secondary N) is 2. The number of nitrogens with zero attached hydrogens (tertiary/aromatic N) is 2. The van der Waals surface area contributed by atoms with Crippen LogP contribution in [0.15, 0.2) is 24.3 Å². The fraction of sp³-hybridized carbons (Fsp3) is 0.529. The molecular weight excluding hydrogens is 311 g/mol. The van der Waals surface area contributed by atoms with Crippen LogP contribution in [0.25, 0.3) is 0 Å². The lowest BCUT2D eigenvalue weighted by atomic mass is 10.2. The fourth-order valence-electron chi connectivity index (χ4n) is 2.65. The summed E-state index contributed by atoms with van der Waals surface area (Å²) in [6.45, 7) is 6.62. The van der Waals surface area contributed by atoms with Crippen molar-refractivity contribution in [2.75, 3.05) is 50.7 Å². The molecule has 1 heterocycles. The lowest BCUT2D eigenvalue weighted by Gasteiger charge is -2.36. The largest absolute Gasteiger partial charge is 0.367 e. The number of hydrogen-bond acceptors (Lipinski definition) is 4. The number of anilines is 1. The average Bonchev–Trinajstić information content (AvgIpc) is 2.60. The summed E-state index contributed by atoms with van der Waals surface area (Å²) in [5.41, 5.74) is 0.637. The maximum Gasteiger partial charge on any atom is 0.309 e. The molecule has 1 aliphatic rings. The van der Waals surface area contributed by atoms with Crippen molar-refractivity contribution in [1.29, 1.82) is 0 Å². The smallest absolute Gasteiger partial charge is 0.309 e. The van der Waals surface area contributed by atoms with Crippen LogP contribution in [0.3, 0.4) is 0 Å². The van der Waals surface area contributed by atoms with Crippen LogP contribution in [0.1, 0.15) is 13.3 Å². The molecule has 7 heteroatoms. The van der Waals surface area contributed by atoms with Crippen LogP contribution >= 0.6 is 0 Å². The van der Waals surface area contributed by atoms with Gasteiger partial charge in [0.05, 0.1) is 5.69 Å². The molecule has 0 spiro atoms. The Labute approximate surface area is 142 Å². The number of rotatable bonds is 6. The van der Waals surface area contributed by atoms with E-state index in [0.29, 0.717) is 25.3 Å². The molecule has 24 heavy (non-hydrogen) atoms. The van der Waals surface area contributed by atoms with E-state index in [4.69, 9.17) is 0 Å². The van der Waals surface area contributed by atoms with Crippen LogP contribution in [0.4, 0.5) is 10.1 Å². The quantitative estimate of drug-likeness (QED) is 0.747. The number of carbonyl (C=O) groups excluding carboxylic acids is 2. The summed E-state index contributed by atoms with van der Waals surface area (Å²) in [7, 11) is 0. The van der Waals surface area contributed by atoms with Crippen molar-refractivity contribution in [3.05, 3.63) is 30.1 Å². The van der Waals surface area contributed by atoms with Crippen molar-refractivity contribution in [3.8, 4) is 0 Å². The molecule has 1 aliphatic heterocycles. The number of para-hydroxylation sites is 1. The van der Waals surface area contributed by atoms with Gasteiger partial charge in [0.25, 0.3) is 0 Å². The van der Waals surface area contributed by atoms with Crippen LogP contribution in [0, 0.1) is 5.82 Å². The lowest BCUT2D eigenvalue weighted by molar-refractivity contribution is -0.139. The minimum absolute atomic E-state index is 0.198. The van der Waals surface area contributed by atoms with Gasteiger partial charge in [0.1, 0.15) is 5.82 Å². The number of halogens is 1. The third-order valence-corrected chi connectivity index (χ3v) is 4.02. The molecule has 0 aromatic heterocycles. The topological polar surface area (TPSA) is 64.7 Å². The molecule has 0 aliphatic carbocycles. The zero-order valence-electron chi connectivity index (χ0n) is 14.1. The SMILES string of the molecule is CCCNC(=O)C(=O)NCCN1CCN(c2ccccc2F)CC1. The number of piperazine rings is 1. The first-order chi connectivity index (χ1) is 11.6. The molecule has 2 amide bonds. The minimum atomic E-state index is -0.589. The van der Waals surface area contributed by atoms with Gasteiger partial charge in [0, 0.05) is 45.8 Å². The highest BCUT2D eigenvalue weighted by molar-refractivity contribution is 6.35. The van der Waals surface area contributed by atoms with Gasteiger partial charge in [-0.2, -0.15) is 0 Å². The first-order valence-corrected chi connectivity index (χ1v) is 8.39. The summed E-state index contributed by atoms with van der Waals surface area (Å²) in [6.07, 6.45) is 0.797. The number of benzene rings is 1. The molecule has 132 valence electrons. The minimum Gasteiger partial charge on any atom is -0.367 e. The Morgan fingerprint density at radius 2 is 1.67 bits per heavy atom. The van der Waals surface area contributed by atoms with E-state index in [2.05, 4.69) is 15.5 Å². The van der Waals surface area contributed by atoms with Crippen molar-refractivity contribution in [1.82, 2.24) is 15.5 Å². The summed E-state index contributed by atoms with van der Waals surface area (Å²) in [4.78, 5) is 27.2. The van der Waals surface area contributed by atoms with Gasteiger partial charge in [-0.05, 0) is 18.6 Å². The maximum atomic E-state index is 13.8. The first-order valence-electron chi connectivity index (χ1n) is 8.39. The summed E-state index contributed by atoms with van der Waals surface area (Å²) in [5.74, 6) is -1.37. The fourth-order valence-corrected chi connectivity index (χ4v) is 2.65. The van der Waals surface area contributed by atoms with Gasteiger partial charge in [0.2, 0.25) is 0 Å². The Bertz CT molecular complexity index is 559. The van der Waals surface area contributed by atoms with Gasteiger partial charge in [-0.1, -0.05) is 19.1 Å². The molecule has 0 saturated carbocycles. The number of carbonyl (C=O) groups is 2. The monoisotopic (exact) mass is 336 g/mol. The Balaban J connectivity index is 1.67. The molecular formula is C17H25FN4O2. The summed E-state index contributed by atoms with van der Waals surface area (Å²) in [5, 5.41) is 5.17. The first kappa shape index (κ1) is 18.2. The molecule has 1 aromatic carbocycles. The van der Waals surface area contributed by atoms with Gasteiger partial charge < -0.3 is 15.5 Å². The summed E-state index contributed by atoms with van der Waals surface area (Å²) in [6, 6.07) is 6.79. The maximum absolute atomic E-state index is 13.8. The van der Waals surface area contributed by atoms with Gasteiger partial charge in [0.15, 0.2) is 0 Å². The molecule has 0 atom stereocenters. The number of amides is 2. The van der Waals surface area contributed by atoms with E-state index in [1.54, 1.807) is 12.1 Å². The second-order valence-corrected chi connectivity index (χ2v) is 5.79. The van der Waals surface area contributed by atoms with Crippen LogP contribution in [0.2, 0.25) is 0 Å². The summed E-state index contributed by atoms with van der Waals surface area (Å²) >= 11 is 0. The van der Waals surface area contributed by atoms with E-state index in [-0.39, 0.29) is 5.82 Å². The van der Waals surface area contributed by atoms with Crippen molar-refractivity contribution in [2.45, 2.75) is 13.3 Å². The van der Waals surface area contributed by atoms with E-state index < -0.39 is 11.8 Å². The highest BCUT2D eigenvalue weighted by atomic mass is 19.1. The third kappa shape index (κ3) is 5.19. The van der Waals surface area contributed by atoms with Crippen molar-refractivity contribution in [3.63, 3.8) is 0 Å². The molecule has 0 unspecified atom stereocenters. The molecule has 1 saturated heterocycles. The molecule has 6 nitrogen and oxygen atoms in total. The molecule has 0 bridgehead atoms. The van der Waals surface area contributed by atoms with E-state index in [9.17, 15) is 14.0 Å². The van der Waals surface area contributed by atoms with Crippen molar-refractivity contribution in [2.24, 2.45) is 0 Å². The normalized spacial score (nSPS) is 15.2. The molecule has 1 fully saturated rings. The lowest BCUT2D eigenvalue weighted by Crippen LogP contribution is -2.49. The predicted molar refractivity (Wildman–Crippen MR) is 91.4 cm³/mol. The highest BCUT2D eigenvalue weighted by Gasteiger charge is 2.19. The van der Waals surface area contributed by atoms with Crippen LogP contribution in [0.5, 0.6) is 0 Å². The van der Waals surface area contributed by atoms with E-state index in [1.165, 1.54) is 6.07 Å². The average molecular weight is 336 g/mol. The Morgan fingerprint density at radius 1 is 1.04 bits per heavy atom. The second kappa shape index (κ2) is 9.22. The van der Waals surface area contributed by atoms with Crippen LogP contribution in [-0.2, 0) is 9.59 Å². The van der Waals surface area contributed by atoms with Gasteiger partial charge >= 0.3 is 11.8 Å². The highest BCUT2D eigenvalue weighted by Crippen LogP contribution is 2.19. The van der Waals surface area contributed by atoms with Gasteiger partial charge in [-0.25, -0.2) is 4.39 Å². The van der Waals surface area contributed by atoms with Crippen molar-refractivity contribution < 1.29 is 14.0 Å².